The van der Waals surface area contributed by atoms with Gasteiger partial charge in [-0.3, -0.25) is 19.3 Å². The smallest absolute Gasteiger partial charge is 0.338 e. The molecule has 3 rings (SSSR count). The van der Waals surface area contributed by atoms with Crippen LogP contribution in [0.15, 0.2) is 24.3 Å². The van der Waals surface area contributed by atoms with E-state index < -0.39 is 24.4 Å². The highest BCUT2D eigenvalue weighted by Crippen LogP contribution is 2.25. The van der Waals surface area contributed by atoms with Crippen LogP contribution in [0.2, 0.25) is 0 Å². The molecule has 2 aromatic rings. The van der Waals surface area contributed by atoms with Gasteiger partial charge < -0.3 is 18.8 Å². The molecule has 9 heteroatoms. The fourth-order valence-electron chi connectivity index (χ4n) is 4.07. The van der Waals surface area contributed by atoms with Crippen molar-refractivity contribution < 1.29 is 33.4 Å². The number of ketones is 1. The van der Waals surface area contributed by atoms with Crippen molar-refractivity contribution in [3.63, 3.8) is 0 Å². The van der Waals surface area contributed by atoms with E-state index in [-0.39, 0.29) is 29.0 Å². The number of methoxy groups -OCH3 is 2. The van der Waals surface area contributed by atoms with Crippen LogP contribution in [0.4, 0.5) is 0 Å². The predicted octanol–water partition coefficient (Wildman–Crippen LogP) is 2.81. The highest BCUT2D eigenvalue weighted by Gasteiger charge is 2.35. The summed E-state index contributed by atoms with van der Waals surface area (Å²) in [6, 6.07) is 6.01. The fourth-order valence-corrected chi connectivity index (χ4v) is 4.07. The number of aromatic nitrogens is 1. The summed E-state index contributed by atoms with van der Waals surface area (Å²) in [6.45, 7) is 5.36. The maximum atomic E-state index is 12.7. The number of hydrogen-bond acceptors (Lipinski definition) is 7. The number of carbonyl (C=O) groups excluding carboxylic acids is 4. The summed E-state index contributed by atoms with van der Waals surface area (Å²) in [5.41, 5.74) is 2.77. The molecule has 182 valence electrons. The van der Waals surface area contributed by atoms with Crippen LogP contribution >= 0.6 is 0 Å². The number of aryl methyl sites for hydroxylation is 1. The summed E-state index contributed by atoms with van der Waals surface area (Å²) < 4.78 is 17.3. The SMILES string of the molecule is COCCCN1C(=O)c2ccc(C(=O)OCC(=O)c3cc(C)n(CCCOC)c3C)cc2C1=O. The molecule has 2 heterocycles. The molecule has 0 saturated carbocycles. The van der Waals surface area contributed by atoms with Crippen LogP contribution in [0.3, 0.4) is 0 Å². The summed E-state index contributed by atoms with van der Waals surface area (Å²) >= 11 is 0. The second kappa shape index (κ2) is 11.2. The van der Waals surface area contributed by atoms with Crippen molar-refractivity contribution in [2.75, 3.05) is 40.6 Å². The normalized spacial score (nSPS) is 12.9. The van der Waals surface area contributed by atoms with Crippen LogP contribution in [-0.2, 0) is 20.8 Å². The van der Waals surface area contributed by atoms with E-state index in [0.717, 1.165) is 29.3 Å². The van der Waals surface area contributed by atoms with Crippen molar-refractivity contribution in [1.82, 2.24) is 9.47 Å². The topological polar surface area (TPSA) is 104 Å². The van der Waals surface area contributed by atoms with Crippen molar-refractivity contribution in [3.05, 3.63) is 57.9 Å². The van der Waals surface area contributed by atoms with Crippen molar-refractivity contribution in [2.45, 2.75) is 33.2 Å². The zero-order valence-corrected chi connectivity index (χ0v) is 20.0. The average Bonchev–Trinajstić information content (AvgIpc) is 3.25. The molecule has 9 nitrogen and oxygen atoms in total. The molecule has 0 unspecified atom stereocenters. The lowest BCUT2D eigenvalue weighted by Gasteiger charge is -2.12. The van der Waals surface area contributed by atoms with Gasteiger partial charge in [0.2, 0.25) is 5.78 Å². The Morgan fingerprint density at radius 3 is 2.21 bits per heavy atom. The lowest BCUT2D eigenvalue weighted by Crippen LogP contribution is -2.31. The molecular weight excluding hydrogens is 440 g/mol. The van der Waals surface area contributed by atoms with E-state index in [4.69, 9.17) is 14.2 Å². The third kappa shape index (κ3) is 5.26. The molecule has 0 N–H and O–H groups in total. The van der Waals surface area contributed by atoms with Gasteiger partial charge in [-0.2, -0.15) is 0 Å². The van der Waals surface area contributed by atoms with Gasteiger partial charge >= 0.3 is 5.97 Å². The monoisotopic (exact) mass is 470 g/mol. The Bertz CT molecular complexity index is 1100. The summed E-state index contributed by atoms with van der Waals surface area (Å²) in [6.07, 6.45) is 1.34. The predicted molar refractivity (Wildman–Crippen MR) is 123 cm³/mol. The number of benzene rings is 1. The second-order valence-corrected chi connectivity index (χ2v) is 8.15. The Morgan fingerprint density at radius 2 is 1.53 bits per heavy atom. The first kappa shape index (κ1) is 25.3. The molecule has 0 saturated heterocycles. The van der Waals surface area contributed by atoms with Gasteiger partial charge in [-0.05, 0) is 51.0 Å². The minimum atomic E-state index is -0.733. The van der Waals surface area contributed by atoms with Gasteiger partial charge in [0, 0.05) is 57.5 Å². The van der Waals surface area contributed by atoms with Gasteiger partial charge in [-0.15, -0.1) is 0 Å². The number of fused-ring (bicyclic) bond motifs is 1. The molecule has 0 spiro atoms. The molecule has 0 fully saturated rings. The molecule has 34 heavy (non-hydrogen) atoms. The molecule has 0 radical (unpaired) electrons. The quantitative estimate of drug-likeness (QED) is 0.203. The number of amides is 2. The van der Waals surface area contributed by atoms with E-state index in [2.05, 4.69) is 0 Å². The molecule has 0 atom stereocenters. The highest BCUT2D eigenvalue weighted by atomic mass is 16.5. The van der Waals surface area contributed by atoms with Crippen LogP contribution in [0, 0.1) is 13.8 Å². The summed E-state index contributed by atoms with van der Waals surface area (Å²) in [5.74, 6) is -1.89. The van der Waals surface area contributed by atoms with Gasteiger partial charge in [-0.1, -0.05) is 0 Å². The molecule has 1 aromatic heterocycles. The minimum Gasteiger partial charge on any atom is -0.454 e. The Hall–Kier alpha value is -3.30. The molecule has 0 aliphatic carbocycles. The number of carbonyl (C=O) groups is 4. The lowest BCUT2D eigenvalue weighted by molar-refractivity contribution is 0.0474. The van der Waals surface area contributed by atoms with Crippen LogP contribution in [0.1, 0.15) is 65.7 Å². The number of imide groups is 1. The van der Waals surface area contributed by atoms with Crippen molar-refractivity contribution >= 4 is 23.6 Å². The standard InChI is InChI=1S/C25H30N2O7/c1-16-13-20(17(2)26(16)9-5-11-32-3)22(28)15-34-25(31)18-7-8-19-21(14-18)24(30)27(23(19)29)10-6-12-33-4/h7-8,13-14H,5-6,9-12,15H2,1-4H3. The molecule has 0 bridgehead atoms. The molecular formula is C25H30N2O7. The van der Waals surface area contributed by atoms with E-state index in [1.165, 1.54) is 18.2 Å². The highest BCUT2D eigenvalue weighted by molar-refractivity contribution is 6.22. The van der Waals surface area contributed by atoms with Gasteiger partial charge in [0.25, 0.3) is 11.8 Å². The zero-order chi connectivity index (χ0) is 24.8. The Kier molecular flexibility index (Phi) is 8.36. The third-order valence-corrected chi connectivity index (χ3v) is 5.88. The minimum absolute atomic E-state index is 0.108. The van der Waals surface area contributed by atoms with Crippen LogP contribution < -0.4 is 0 Å². The van der Waals surface area contributed by atoms with E-state index in [9.17, 15) is 19.2 Å². The first-order valence-corrected chi connectivity index (χ1v) is 11.1. The van der Waals surface area contributed by atoms with Crippen molar-refractivity contribution in [2.24, 2.45) is 0 Å². The summed E-state index contributed by atoms with van der Waals surface area (Å²) in [5, 5.41) is 0. The molecule has 1 aliphatic heterocycles. The van der Waals surface area contributed by atoms with Crippen molar-refractivity contribution in [3.8, 4) is 0 Å². The Morgan fingerprint density at radius 1 is 0.882 bits per heavy atom. The van der Waals surface area contributed by atoms with E-state index in [1.807, 2.05) is 18.4 Å². The van der Waals surface area contributed by atoms with E-state index in [0.29, 0.717) is 25.2 Å². The first-order chi connectivity index (χ1) is 16.3. The number of esters is 1. The summed E-state index contributed by atoms with van der Waals surface area (Å²) in [7, 11) is 3.19. The van der Waals surface area contributed by atoms with E-state index in [1.54, 1.807) is 20.3 Å². The van der Waals surface area contributed by atoms with Crippen LogP contribution in [-0.4, -0.2) is 73.6 Å². The summed E-state index contributed by atoms with van der Waals surface area (Å²) in [4.78, 5) is 51.6. The van der Waals surface area contributed by atoms with Gasteiger partial charge in [0.15, 0.2) is 6.61 Å². The number of hydrogen-bond donors (Lipinski definition) is 0. The first-order valence-electron chi connectivity index (χ1n) is 11.1. The maximum Gasteiger partial charge on any atom is 0.338 e. The lowest BCUT2D eigenvalue weighted by atomic mass is 10.1. The Balaban J connectivity index is 1.65. The zero-order valence-electron chi connectivity index (χ0n) is 20.0. The average molecular weight is 471 g/mol. The number of rotatable bonds is 12. The number of ether oxygens (including phenoxy) is 3. The van der Waals surface area contributed by atoms with Gasteiger partial charge in [0.05, 0.1) is 16.7 Å². The fraction of sp³-hybridized carbons (Fsp3) is 0.440. The van der Waals surface area contributed by atoms with E-state index >= 15 is 0 Å². The second-order valence-electron chi connectivity index (χ2n) is 8.15. The third-order valence-electron chi connectivity index (χ3n) is 5.88. The molecule has 1 aromatic carbocycles. The Labute approximate surface area is 198 Å². The largest absolute Gasteiger partial charge is 0.454 e. The maximum absolute atomic E-state index is 12.7. The van der Waals surface area contributed by atoms with Gasteiger partial charge in [-0.25, -0.2) is 4.79 Å². The van der Waals surface area contributed by atoms with Crippen molar-refractivity contribution in [1.29, 1.82) is 0 Å². The van der Waals surface area contributed by atoms with Gasteiger partial charge in [0.1, 0.15) is 0 Å². The molecule has 2 amide bonds. The number of nitrogens with zero attached hydrogens (tertiary/aromatic N) is 2. The molecule has 1 aliphatic rings. The number of Topliss-reactive ketones (excluding diaryl/α,β-unsaturated/α-hetero) is 1. The van der Waals surface area contributed by atoms with Crippen LogP contribution in [0.5, 0.6) is 0 Å². The van der Waals surface area contributed by atoms with Crippen LogP contribution in [0.25, 0.3) is 0 Å².